The third-order valence-electron chi connectivity index (χ3n) is 5.82. The topological polar surface area (TPSA) is 77.8 Å². The smallest absolute Gasteiger partial charge is 0.341 e. The lowest BCUT2D eigenvalue weighted by molar-refractivity contribution is 0.0694. The standard InChI is InChI=1S/C25H25NO5/c1-3-18-10-9-17-11-24(31-15-16-7-5-4-6-8-16)23(30-2)12-19(17)21-13-22(27)20(25(28)29)14-26(18)21/h4-8,11-14,18H,3,9-10,15H2,1-2H3,(H,28,29). The number of aryl methyl sites for hydroxylation is 1. The third kappa shape index (κ3) is 4.06. The number of rotatable bonds is 6. The van der Waals surface area contributed by atoms with Crippen molar-refractivity contribution in [1.82, 2.24) is 4.57 Å². The van der Waals surface area contributed by atoms with Crippen LogP contribution >= 0.6 is 0 Å². The quantitative estimate of drug-likeness (QED) is 0.627. The first kappa shape index (κ1) is 20.7. The molecule has 1 aromatic heterocycles. The Hall–Kier alpha value is -3.54. The molecule has 0 spiro atoms. The molecule has 6 heteroatoms. The molecule has 1 atom stereocenters. The Bertz CT molecular complexity index is 1170. The van der Waals surface area contributed by atoms with E-state index in [1.54, 1.807) is 7.11 Å². The van der Waals surface area contributed by atoms with Gasteiger partial charge < -0.3 is 19.1 Å². The van der Waals surface area contributed by atoms with E-state index < -0.39 is 11.4 Å². The van der Waals surface area contributed by atoms with Crippen LogP contribution in [-0.4, -0.2) is 22.8 Å². The van der Waals surface area contributed by atoms with Gasteiger partial charge >= 0.3 is 5.97 Å². The predicted octanol–water partition coefficient (Wildman–Crippen LogP) is 4.70. The fourth-order valence-electron chi connectivity index (χ4n) is 4.15. The average Bonchev–Trinajstić information content (AvgIpc) is 2.92. The van der Waals surface area contributed by atoms with Crippen LogP contribution < -0.4 is 14.9 Å². The van der Waals surface area contributed by atoms with Crippen molar-refractivity contribution >= 4 is 5.97 Å². The van der Waals surface area contributed by atoms with Crippen LogP contribution in [0.3, 0.4) is 0 Å². The Kier molecular flexibility index (Phi) is 5.80. The number of methoxy groups -OCH3 is 1. The summed E-state index contributed by atoms with van der Waals surface area (Å²) in [4.78, 5) is 24.0. The van der Waals surface area contributed by atoms with Crippen LogP contribution in [0.25, 0.3) is 11.3 Å². The maximum absolute atomic E-state index is 12.5. The van der Waals surface area contributed by atoms with Gasteiger partial charge in [-0.1, -0.05) is 37.3 Å². The number of benzene rings is 2. The molecule has 2 aromatic carbocycles. The number of aromatic carboxylic acids is 1. The van der Waals surface area contributed by atoms with E-state index in [-0.39, 0.29) is 11.6 Å². The zero-order chi connectivity index (χ0) is 22.0. The molecule has 0 saturated heterocycles. The van der Waals surface area contributed by atoms with Crippen molar-refractivity contribution in [3.8, 4) is 22.8 Å². The van der Waals surface area contributed by atoms with E-state index in [2.05, 4.69) is 6.92 Å². The molecule has 160 valence electrons. The fourth-order valence-corrected chi connectivity index (χ4v) is 4.15. The SMILES string of the molecule is CCC1CCc2cc(OCc3ccccc3)c(OC)cc2-c2cc(=O)c(C(=O)O)cn21. The summed E-state index contributed by atoms with van der Waals surface area (Å²) in [6, 6.07) is 15.3. The second-order valence-corrected chi connectivity index (χ2v) is 7.68. The van der Waals surface area contributed by atoms with E-state index in [0.29, 0.717) is 23.8 Å². The summed E-state index contributed by atoms with van der Waals surface area (Å²) in [5.74, 6) is 0.0175. The maximum atomic E-state index is 12.5. The molecule has 6 nitrogen and oxygen atoms in total. The lowest BCUT2D eigenvalue weighted by Gasteiger charge is -2.21. The third-order valence-corrected chi connectivity index (χ3v) is 5.82. The number of carbonyl (C=O) groups is 1. The number of aromatic nitrogens is 1. The molecule has 3 aromatic rings. The monoisotopic (exact) mass is 419 g/mol. The summed E-state index contributed by atoms with van der Waals surface area (Å²) in [7, 11) is 1.59. The highest BCUT2D eigenvalue weighted by molar-refractivity contribution is 5.87. The molecule has 1 aliphatic heterocycles. The van der Waals surface area contributed by atoms with Gasteiger partial charge in [0.1, 0.15) is 12.2 Å². The van der Waals surface area contributed by atoms with Crippen molar-refractivity contribution in [3.63, 3.8) is 0 Å². The summed E-state index contributed by atoms with van der Waals surface area (Å²) < 4.78 is 13.6. The lowest BCUT2D eigenvalue weighted by atomic mass is 9.99. The molecule has 2 heterocycles. The van der Waals surface area contributed by atoms with Crippen molar-refractivity contribution < 1.29 is 19.4 Å². The Morgan fingerprint density at radius 3 is 2.61 bits per heavy atom. The van der Waals surface area contributed by atoms with Crippen molar-refractivity contribution in [2.24, 2.45) is 0 Å². The number of carboxylic acid groups (broad SMARTS) is 1. The highest BCUT2D eigenvalue weighted by atomic mass is 16.5. The van der Waals surface area contributed by atoms with E-state index in [1.165, 1.54) is 12.3 Å². The predicted molar refractivity (Wildman–Crippen MR) is 118 cm³/mol. The van der Waals surface area contributed by atoms with Gasteiger partial charge in [0.2, 0.25) is 0 Å². The van der Waals surface area contributed by atoms with Gasteiger partial charge in [0.25, 0.3) is 0 Å². The number of pyridine rings is 1. The van der Waals surface area contributed by atoms with E-state index >= 15 is 0 Å². The normalized spacial score (nSPS) is 14.8. The van der Waals surface area contributed by atoms with Crippen LogP contribution in [-0.2, 0) is 13.0 Å². The minimum Gasteiger partial charge on any atom is -0.493 e. The van der Waals surface area contributed by atoms with E-state index in [0.717, 1.165) is 36.0 Å². The molecule has 0 amide bonds. The molecule has 0 aliphatic carbocycles. The number of nitrogens with zero attached hydrogens (tertiary/aromatic N) is 1. The first-order chi connectivity index (χ1) is 15.0. The Morgan fingerprint density at radius 1 is 1.16 bits per heavy atom. The molecule has 4 rings (SSSR count). The van der Waals surface area contributed by atoms with Gasteiger partial charge in [0.15, 0.2) is 16.9 Å². The molecule has 0 fully saturated rings. The Morgan fingerprint density at radius 2 is 1.94 bits per heavy atom. The van der Waals surface area contributed by atoms with Crippen LogP contribution in [0, 0.1) is 0 Å². The molecule has 0 bridgehead atoms. The Balaban J connectivity index is 1.80. The molecule has 0 radical (unpaired) electrons. The second-order valence-electron chi connectivity index (χ2n) is 7.68. The molecule has 1 unspecified atom stereocenters. The van der Waals surface area contributed by atoms with Crippen LogP contribution in [0.2, 0.25) is 0 Å². The molecule has 1 N–H and O–H groups in total. The molecule has 0 saturated carbocycles. The highest BCUT2D eigenvalue weighted by Gasteiger charge is 2.25. The summed E-state index contributed by atoms with van der Waals surface area (Å²) in [6.07, 6.45) is 3.94. The van der Waals surface area contributed by atoms with Gasteiger partial charge in [-0.05, 0) is 42.5 Å². The lowest BCUT2D eigenvalue weighted by Crippen LogP contribution is -2.20. The second kappa shape index (κ2) is 8.68. The molecular formula is C25H25NO5. The summed E-state index contributed by atoms with van der Waals surface area (Å²) in [5.41, 5.74) is 2.99. The highest BCUT2D eigenvalue weighted by Crippen LogP contribution is 2.40. The Labute approximate surface area is 180 Å². The van der Waals surface area contributed by atoms with E-state index in [4.69, 9.17) is 9.47 Å². The van der Waals surface area contributed by atoms with Crippen LogP contribution in [0.15, 0.2) is 59.5 Å². The van der Waals surface area contributed by atoms with Crippen LogP contribution in [0.5, 0.6) is 11.5 Å². The van der Waals surface area contributed by atoms with Gasteiger partial charge in [-0.25, -0.2) is 4.79 Å². The number of ether oxygens (including phenoxy) is 2. The zero-order valence-electron chi connectivity index (χ0n) is 17.6. The maximum Gasteiger partial charge on any atom is 0.341 e. The van der Waals surface area contributed by atoms with Crippen LogP contribution in [0.4, 0.5) is 0 Å². The summed E-state index contributed by atoms with van der Waals surface area (Å²) in [5, 5.41) is 9.41. The number of hydrogen-bond acceptors (Lipinski definition) is 4. The summed E-state index contributed by atoms with van der Waals surface area (Å²) in [6.45, 7) is 2.49. The fraction of sp³-hybridized carbons (Fsp3) is 0.280. The summed E-state index contributed by atoms with van der Waals surface area (Å²) >= 11 is 0. The minimum absolute atomic E-state index is 0.0979. The van der Waals surface area contributed by atoms with Crippen molar-refractivity contribution in [3.05, 3.63) is 81.6 Å². The first-order valence-corrected chi connectivity index (χ1v) is 10.4. The zero-order valence-corrected chi connectivity index (χ0v) is 17.6. The first-order valence-electron chi connectivity index (χ1n) is 10.4. The van der Waals surface area contributed by atoms with Gasteiger partial charge in [-0.2, -0.15) is 0 Å². The van der Waals surface area contributed by atoms with Crippen LogP contribution in [0.1, 0.15) is 47.3 Å². The van der Waals surface area contributed by atoms with E-state index in [9.17, 15) is 14.7 Å². The van der Waals surface area contributed by atoms with E-state index in [1.807, 2.05) is 47.0 Å². The number of hydrogen-bond donors (Lipinski definition) is 1. The van der Waals surface area contributed by atoms with Gasteiger partial charge in [-0.3, -0.25) is 4.79 Å². The molecule has 31 heavy (non-hydrogen) atoms. The van der Waals surface area contributed by atoms with Crippen molar-refractivity contribution in [2.45, 2.75) is 38.8 Å². The van der Waals surface area contributed by atoms with Gasteiger partial charge in [0.05, 0.1) is 12.8 Å². The van der Waals surface area contributed by atoms with Gasteiger partial charge in [0, 0.05) is 23.9 Å². The van der Waals surface area contributed by atoms with Crippen molar-refractivity contribution in [2.75, 3.05) is 7.11 Å². The number of carboxylic acids is 1. The minimum atomic E-state index is -1.21. The molecular weight excluding hydrogens is 394 g/mol. The molecule has 1 aliphatic rings. The number of fused-ring (bicyclic) bond motifs is 3. The average molecular weight is 419 g/mol. The van der Waals surface area contributed by atoms with Gasteiger partial charge in [-0.15, -0.1) is 0 Å². The van der Waals surface area contributed by atoms with Crippen molar-refractivity contribution in [1.29, 1.82) is 0 Å². The largest absolute Gasteiger partial charge is 0.493 e.